The van der Waals surface area contributed by atoms with Gasteiger partial charge in [-0.1, -0.05) is 13.3 Å². The van der Waals surface area contributed by atoms with Crippen LogP contribution in [0.2, 0.25) is 0 Å². The maximum Gasteiger partial charge on any atom is 0.225 e. The van der Waals surface area contributed by atoms with Gasteiger partial charge in [-0.3, -0.25) is 9.59 Å². The van der Waals surface area contributed by atoms with Crippen LogP contribution in [0.4, 0.5) is 0 Å². The first-order chi connectivity index (χ1) is 11.6. The lowest BCUT2D eigenvalue weighted by molar-refractivity contribution is -0.136. The van der Waals surface area contributed by atoms with Gasteiger partial charge in [0.2, 0.25) is 11.8 Å². The molecule has 0 aromatic rings. The highest BCUT2D eigenvalue weighted by Gasteiger charge is 2.29. The van der Waals surface area contributed by atoms with E-state index >= 15 is 0 Å². The number of hydrogen-bond donors (Lipinski definition) is 2. The Labute approximate surface area is 159 Å². The molecule has 0 aromatic heterocycles. The van der Waals surface area contributed by atoms with E-state index < -0.39 is 0 Å². The number of halogens is 1. The molecule has 2 rings (SSSR count). The predicted octanol–water partition coefficient (Wildman–Crippen LogP) is 2.73. The van der Waals surface area contributed by atoms with Crippen LogP contribution in [0.5, 0.6) is 0 Å². The first kappa shape index (κ1) is 22.2. The largest absolute Gasteiger partial charge is 0.353 e. The van der Waals surface area contributed by atoms with Gasteiger partial charge in [0.25, 0.3) is 0 Å². The number of rotatable bonds is 7. The van der Waals surface area contributed by atoms with Crippen molar-refractivity contribution in [3.8, 4) is 0 Å². The van der Waals surface area contributed by atoms with Crippen LogP contribution < -0.4 is 10.6 Å². The standard InChI is InChI=1S/C19H35N3O2.ClH/c1-3-5-15(2)21-19(24)17-6-4-13-22(14-17)18(23)8-7-16-9-11-20-12-10-16;/h15-17,20H,3-14H2,1-2H3,(H,21,24);1H. The normalized spacial score (nSPS) is 22.8. The molecule has 0 aromatic carbocycles. The van der Waals surface area contributed by atoms with Gasteiger partial charge in [-0.2, -0.15) is 0 Å². The molecule has 2 atom stereocenters. The maximum absolute atomic E-state index is 12.5. The van der Waals surface area contributed by atoms with Crippen molar-refractivity contribution in [2.75, 3.05) is 26.2 Å². The fraction of sp³-hybridized carbons (Fsp3) is 0.895. The van der Waals surface area contributed by atoms with Gasteiger partial charge < -0.3 is 15.5 Å². The zero-order chi connectivity index (χ0) is 17.4. The van der Waals surface area contributed by atoms with E-state index in [2.05, 4.69) is 24.5 Å². The van der Waals surface area contributed by atoms with Crippen LogP contribution >= 0.6 is 12.4 Å². The molecule has 0 radical (unpaired) electrons. The van der Waals surface area contributed by atoms with Gasteiger partial charge in [0.05, 0.1) is 5.92 Å². The zero-order valence-electron chi connectivity index (χ0n) is 15.9. The molecule has 2 N–H and O–H groups in total. The minimum atomic E-state index is -0.0270. The number of nitrogens with one attached hydrogen (secondary N) is 2. The van der Waals surface area contributed by atoms with E-state index in [4.69, 9.17) is 0 Å². The number of nitrogens with zero attached hydrogens (tertiary/aromatic N) is 1. The van der Waals surface area contributed by atoms with E-state index in [-0.39, 0.29) is 36.2 Å². The van der Waals surface area contributed by atoms with Crippen LogP contribution in [0.3, 0.4) is 0 Å². The van der Waals surface area contributed by atoms with Gasteiger partial charge in [-0.05, 0) is 64.5 Å². The summed E-state index contributed by atoms with van der Waals surface area (Å²) in [5.41, 5.74) is 0. The SMILES string of the molecule is CCCC(C)NC(=O)C1CCCN(C(=O)CCC2CCNCC2)C1.Cl. The number of carbonyl (C=O) groups is 2. The van der Waals surface area contributed by atoms with Crippen molar-refractivity contribution in [2.24, 2.45) is 11.8 Å². The Balaban J connectivity index is 0.00000312. The fourth-order valence-electron chi connectivity index (χ4n) is 3.94. The highest BCUT2D eigenvalue weighted by atomic mass is 35.5. The summed E-state index contributed by atoms with van der Waals surface area (Å²) in [6, 6.07) is 0.230. The average molecular weight is 374 g/mol. The second kappa shape index (κ2) is 11.7. The first-order valence-corrected chi connectivity index (χ1v) is 9.89. The van der Waals surface area contributed by atoms with Crippen molar-refractivity contribution < 1.29 is 9.59 Å². The second-order valence-electron chi connectivity index (χ2n) is 7.61. The molecule has 2 heterocycles. The van der Waals surface area contributed by atoms with Crippen molar-refractivity contribution in [3.05, 3.63) is 0 Å². The third-order valence-electron chi connectivity index (χ3n) is 5.48. The lowest BCUT2D eigenvalue weighted by Gasteiger charge is -2.33. The molecule has 2 fully saturated rings. The lowest BCUT2D eigenvalue weighted by Crippen LogP contribution is -2.47. The summed E-state index contributed by atoms with van der Waals surface area (Å²) in [7, 11) is 0. The minimum Gasteiger partial charge on any atom is -0.353 e. The third-order valence-corrected chi connectivity index (χ3v) is 5.48. The summed E-state index contributed by atoms with van der Waals surface area (Å²) < 4.78 is 0. The van der Waals surface area contributed by atoms with Gasteiger partial charge in [0.1, 0.15) is 0 Å². The Morgan fingerprint density at radius 3 is 2.64 bits per heavy atom. The summed E-state index contributed by atoms with van der Waals surface area (Å²) in [6.07, 6.45) is 7.96. The first-order valence-electron chi connectivity index (χ1n) is 9.89. The quantitative estimate of drug-likeness (QED) is 0.721. The highest BCUT2D eigenvalue weighted by molar-refractivity contribution is 5.85. The van der Waals surface area contributed by atoms with E-state index in [1.165, 1.54) is 12.8 Å². The van der Waals surface area contributed by atoms with E-state index in [9.17, 15) is 9.59 Å². The molecule has 146 valence electrons. The summed E-state index contributed by atoms with van der Waals surface area (Å²) >= 11 is 0. The third kappa shape index (κ3) is 7.53. The number of carbonyl (C=O) groups excluding carboxylic acids is 2. The maximum atomic E-state index is 12.5. The monoisotopic (exact) mass is 373 g/mol. The van der Waals surface area contributed by atoms with E-state index in [0.717, 1.165) is 51.7 Å². The van der Waals surface area contributed by atoms with E-state index in [0.29, 0.717) is 18.9 Å². The van der Waals surface area contributed by atoms with Crippen molar-refractivity contribution in [2.45, 2.75) is 71.3 Å². The Bertz CT molecular complexity index is 413. The lowest BCUT2D eigenvalue weighted by atomic mass is 9.92. The molecule has 25 heavy (non-hydrogen) atoms. The van der Waals surface area contributed by atoms with Crippen molar-refractivity contribution in [1.29, 1.82) is 0 Å². The van der Waals surface area contributed by atoms with Crippen LogP contribution in [0.15, 0.2) is 0 Å². The number of likely N-dealkylation sites (tertiary alicyclic amines) is 1. The molecular formula is C19H36ClN3O2. The Morgan fingerprint density at radius 1 is 1.24 bits per heavy atom. The van der Waals surface area contributed by atoms with E-state index in [1.807, 2.05) is 4.90 Å². The molecule has 2 saturated heterocycles. The molecule has 5 nitrogen and oxygen atoms in total. The fourth-order valence-corrected chi connectivity index (χ4v) is 3.94. The Morgan fingerprint density at radius 2 is 1.96 bits per heavy atom. The molecule has 2 aliphatic rings. The van der Waals surface area contributed by atoms with Crippen molar-refractivity contribution >= 4 is 24.2 Å². The minimum absolute atomic E-state index is 0. The van der Waals surface area contributed by atoms with Crippen molar-refractivity contribution in [3.63, 3.8) is 0 Å². The summed E-state index contributed by atoms with van der Waals surface area (Å²) in [5.74, 6) is 1.04. The van der Waals surface area contributed by atoms with E-state index in [1.54, 1.807) is 0 Å². The molecule has 0 aliphatic carbocycles. The van der Waals surface area contributed by atoms with Gasteiger partial charge >= 0.3 is 0 Å². The Hall–Kier alpha value is -0.810. The average Bonchev–Trinajstić information content (AvgIpc) is 2.61. The second-order valence-corrected chi connectivity index (χ2v) is 7.61. The molecule has 2 aliphatic heterocycles. The van der Waals surface area contributed by atoms with Gasteiger partial charge in [-0.15, -0.1) is 12.4 Å². The summed E-state index contributed by atoms with van der Waals surface area (Å²) in [4.78, 5) is 26.8. The zero-order valence-corrected chi connectivity index (χ0v) is 16.7. The Kier molecular flexibility index (Phi) is 10.4. The predicted molar refractivity (Wildman–Crippen MR) is 104 cm³/mol. The van der Waals surface area contributed by atoms with Crippen LogP contribution in [0, 0.1) is 11.8 Å². The number of piperidine rings is 2. The molecule has 0 bridgehead atoms. The van der Waals surface area contributed by atoms with Crippen molar-refractivity contribution in [1.82, 2.24) is 15.5 Å². The van der Waals surface area contributed by atoms with Gasteiger partial charge in [-0.25, -0.2) is 0 Å². The molecule has 2 unspecified atom stereocenters. The molecule has 0 saturated carbocycles. The van der Waals surface area contributed by atoms with Crippen LogP contribution in [0.1, 0.15) is 65.2 Å². The van der Waals surface area contributed by atoms with Crippen LogP contribution in [0.25, 0.3) is 0 Å². The van der Waals surface area contributed by atoms with Gasteiger partial charge in [0, 0.05) is 25.6 Å². The number of amides is 2. The van der Waals surface area contributed by atoms with Crippen LogP contribution in [-0.2, 0) is 9.59 Å². The summed E-state index contributed by atoms with van der Waals surface area (Å²) in [6.45, 7) is 7.79. The number of hydrogen-bond acceptors (Lipinski definition) is 3. The molecule has 0 spiro atoms. The summed E-state index contributed by atoms with van der Waals surface area (Å²) in [5, 5.41) is 6.48. The van der Waals surface area contributed by atoms with Crippen LogP contribution in [-0.4, -0.2) is 48.9 Å². The molecule has 2 amide bonds. The molecular weight excluding hydrogens is 338 g/mol. The van der Waals surface area contributed by atoms with Gasteiger partial charge in [0.15, 0.2) is 0 Å². The smallest absolute Gasteiger partial charge is 0.225 e. The molecule has 6 heteroatoms. The topological polar surface area (TPSA) is 61.4 Å². The highest BCUT2D eigenvalue weighted by Crippen LogP contribution is 2.21.